The van der Waals surface area contributed by atoms with Crippen molar-refractivity contribution in [1.29, 1.82) is 0 Å². The topological polar surface area (TPSA) is 88.5 Å². The Morgan fingerprint density at radius 3 is 2.24 bits per heavy atom. The molecule has 1 amide bonds. The minimum Gasteiger partial charge on any atom is -0.507 e. The number of benzene rings is 3. The Balaban J connectivity index is 1.96. The van der Waals surface area contributed by atoms with E-state index in [9.17, 15) is 14.7 Å². The van der Waals surface area contributed by atoms with Crippen LogP contribution in [0.1, 0.15) is 31.0 Å². The van der Waals surface area contributed by atoms with Gasteiger partial charge in [-0.05, 0) is 74.0 Å². The molecule has 8 heteroatoms. The molecule has 1 heterocycles. The van der Waals surface area contributed by atoms with Gasteiger partial charge < -0.3 is 24.2 Å². The van der Waals surface area contributed by atoms with E-state index in [0.29, 0.717) is 28.5 Å². The van der Waals surface area contributed by atoms with E-state index < -0.39 is 17.7 Å². The Kier molecular flexibility index (Phi) is 7.62. The summed E-state index contributed by atoms with van der Waals surface area (Å²) in [7, 11) is 6.81. The Hall–Kier alpha value is -4.46. The first-order chi connectivity index (χ1) is 18.2. The lowest BCUT2D eigenvalue weighted by molar-refractivity contribution is -0.132. The van der Waals surface area contributed by atoms with Crippen molar-refractivity contribution in [3.8, 4) is 17.2 Å². The maximum absolute atomic E-state index is 13.6. The smallest absolute Gasteiger partial charge is 0.300 e. The summed E-state index contributed by atoms with van der Waals surface area (Å²) in [4.78, 5) is 30.4. The van der Waals surface area contributed by atoms with E-state index in [1.807, 2.05) is 51.0 Å². The van der Waals surface area contributed by atoms with Crippen molar-refractivity contribution in [2.75, 3.05) is 38.1 Å². The summed E-state index contributed by atoms with van der Waals surface area (Å²) in [6.45, 7) is 3.83. The van der Waals surface area contributed by atoms with Crippen LogP contribution in [-0.2, 0) is 9.59 Å². The second-order valence-electron chi connectivity index (χ2n) is 9.39. The molecule has 0 aliphatic carbocycles. The number of Topliss-reactive ketones (excluding diaryl/α,β-unsaturated/α-hetero) is 1. The highest BCUT2D eigenvalue weighted by Gasteiger charge is 2.47. The molecule has 0 saturated carbocycles. The molecule has 3 aromatic carbocycles. The zero-order valence-corrected chi connectivity index (χ0v) is 22.4. The molecule has 38 heavy (non-hydrogen) atoms. The van der Waals surface area contributed by atoms with E-state index >= 15 is 0 Å². The molecular formula is C30H32N2O6. The minimum absolute atomic E-state index is 0.0556. The number of nitrogens with zero attached hydrogens (tertiary/aromatic N) is 2. The van der Waals surface area contributed by atoms with Crippen LogP contribution >= 0.6 is 0 Å². The van der Waals surface area contributed by atoms with Gasteiger partial charge in [0.25, 0.3) is 11.7 Å². The number of hydrogen-bond acceptors (Lipinski definition) is 7. The number of methoxy groups -OCH3 is 2. The van der Waals surface area contributed by atoms with Crippen LogP contribution in [0.15, 0.2) is 72.3 Å². The molecule has 0 bridgehead atoms. The third-order valence-corrected chi connectivity index (χ3v) is 6.30. The SMILES string of the molecule is COc1ccc(OC)c(/C(O)=C2\C(=O)C(=O)N(c3ccc(N(C)C)cc3)C2c2cccc(OC(C)C)c2)c1. The molecule has 1 fully saturated rings. The van der Waals surface area contributed by atoms with Crippen molar-refractivity contribution >= 4 is 28.8 Å². The summed E-state index contributed by atoms with van der Waals surface area (Å²) >= 11 is 0. The van der Waals surface area contributed by atoms with E-state index in [4.69, 9.17) is 14.2 Å². The van der Waals surface area contributed by atoms with Crippen LogP contribution in [0.4, 0.5) is 11.4 Å². The number of aliphatic hydroxyl groups excluding tert-OH is 1. The van der Waals surface area contributed by atoms with Gasteiger partial charge >= 0.3 is 0 Å². The molecule has 3 aromatic rings. The average Bonchev–Trinajstić information content (AvgIpc) is 3.17. The molecule has 198 valence electrons. The predicted octanol–water partition coefficient (Wildman–Crippen LogP) is 5.18. The summed E-state index contributed by atoms with van der Waals surface area (Å²) in [5.41, 5.74) is 2.26. The van der Waals surface area contributed by atoms with Gasteiger partial charge in [0.2, 0.25) is 0 Å². The van der Waals surface area contributed by atoms with Gasteiger partial charge in [-0.15, -0.1) is 0 Å². The normalized spacial score (nSPS) is 16.6. The Bertz CT molecular complexity index is 1380. The molecule has 1 saturated heterocycles. The third kappa shape index (κ3) is 5.02. The Morgan fingerprint density at radius 1 is 0.921 bits per heavy atom. The van der Waals surface area contributed by atoms with E-state index in [1.165, 1.54) is 19.1 Å². The summed E-state index contributed by atoms with van der Waals surface area (Å²) in [6.07, 6.45) is -0.0729. The van der Waals surface area contributed by atoms with Crippen LogP contribution < -0.4 is 24.0 Å². The standard InChI is InChI=1S/C30H32N2O6/c1-18(2)38-23-9-7-8-19(16-23)27-26(28(33)24-17-22(36-5)14-15-25(24)37-6)29(34)30(35)32(27)21-12-10-20(11-13-21)31(3)4/h7-18,27,33H,1-6H3/b28-26+. The van der Waals surface area contributed by atoms with Crippen molar-refractivity contribution in [1.82, 2.24) is 0 Å². The number of carbonyl (C=O) groups is 2. The highest BCUT2D eigenvalue weighted by molar-refractivity contribution is 6.51. The summed E-state index contributed by atoms with van der Waals surface area (Å²) in [5, 5.41) is 11.6. The van der Waals surface area contributed by atoms with E-state index in [-0.39, 0.29) is 23.0 Å². The zero-order valence-electron chi connectivity index (χ0n) is 22.4. The number of aliphatic hydroxyl groups is 1. The van der Waals surface area contributed by atoms with Crippen molar-refractivity contribution < 1.29 is 28.9 Å². The average molecular weight is 517 g/mol. The van der Waals surface area contributed by atoms with Crippen LogP contribution in [0.5, 0.6) is 17.2 Å². The summed E-state index contributed by atoms with van der Waals surface area (Å²) < 4.78 is 16.7. The number of hydrogen-bond donors (Lipinski definition) is 1. The molecular weight excluding hydrogens is 484 g/mol. The van der Waals surface area contributed by atoms with Gasteiger partial charge in [-0.25, -0.2) is 0 Å². The van der Waals surface area contributed by atoms with Gasteiger partial charge in [0, 0.05) is 25.5 Å². The molecule has 0 radical (unpaired) electrons. The lowest BCUT2D eigenvalue weighted by atomic mass is 9.94. The summed E-state index contributed by atoms with van der Waals surface area (Å²) in [5.74, 6) is -0.516. The molecule has 4 rings (SSSR count). The first-order valence-corrected chi connectivity index (χ1v) is 12.2. The summed E-state index contributed by atoms with van der Waals surface area (Å²) in [6, 6.07) is 18.5. The lowest BCUT2D eigenvalue weighted by Crippen LogP contribution is -2.29. The Labute approximate surface area is 222 Å². The maximum Gasteiger partial charge on any atom is 0.300 e. The largest absolute Gasteiger partial charge is 0.507 e. The first kappa shape index (κ1) is 26.6. The Morgan fingerprint density at radius 2 is 1.63 bits per heavy atom. The van der Waals surface area contributed by atoms with Gasteiger partial charge in [0.15, 0.2) is 0 Å². The molecule has 1 N–H and O–H groups in total. The number of anilines is 2. The fourth-order valence-corrected chi connectivity index (χ4v) is 4.50. The fraction of sp³-hybridized carbons (Fsp3) is 0.267. The molecule has 8 nitrogen and oxygen atoms in total. The fourth-order valence-electron chi connectivity index (χ4n) is 4.50. The number of ketones is 1. The van der Waals surface area contributed by atoms with Crippen LogP contribution in [0.3, 0.4) is 0 Å². The number of amides is 1. The number of carbonyl (C=O) groups excluding carboxylic acids is 2. The minimum atomic E-state index is -0.910. The van der Waals surface area contributed by atoms with Crippen LogP contribution in [-0.4, -0.2) is 51.2 Å². The van der Waals surface area contributed by atoms with Gasteiger partial charge in [-0.3, -0.25) is 14.5 Å². The predicted molar refractivity (Wildman–Crippen MR) is 147 cm³/mol. The van der Waals surface area contributed by atoms with Gasteiger partial charge in [0.05, 0.1) is 37.5 Å². The highest BCUT2D eigenvalue weighted by Crippen LogP contribution is 2.44. The highest BCUT2D eigenvalue weighted by atomic mass is 16.5. The van der Waals surface area contributed by atoms with Crippen molar-refractivity contribution in [2.45, 2.75) is 26.0 Å². The van der Waals surface area contributed by atoms with E-state index in [2.05, 4.69) is 0 Å². The second-order valence-corrected chi connectivity index (χ2v) is 9.39. The van der Waals surface area contributed by atoms with Crippen molar-refractivity contribution in [2.24, 2.45) is 0 Å². The second kappa shape index (κ2) is 10.9. The lowest BCUT2D eigenvalue weighted by Gasteiger charge is -2.26. The third-order valence-electron chi connectivity index (χ3n) is 6.30. The van der Waals surface area contributed by atoms with Crippen molar-refractivity contribution in [3.63, 3.8) is 0 Å². The quantitative estimate of drug-likeness (QED) is 0.251. The molecule has 0 spiro atoms. The molecule has 1 aliphatic rings. The van der Waals surface area contributed by atoms with Gasteiger partial charge in [-0.1, -0.05) is 12.1 Å². The number of rotatable bonds is 8. The van der Waals surface area contributed by atoms with E-state index in [0.717, 1.165) is 5.69 Å². The molecule has 1 atom stereocenters. The van der Waals surface area contributed by atoms with E-state index in [1.54, 1.807) is 48.5 Å². The number of ether oxygens (including phenoxy) is 3. The van der Waals surface area contributed by atoms with Gasteiger partial charge in [-0.2, -0.15) is 0 Å². The first-order valence-electron chi connectivity index (χ1n) is 12.2. The molecule has 1 unspecified atom stereocenters. The van der Waals surface area contributed by atoms with Crippen LogP contribution in [0, 0.1) is 0 Å². The van der Waals surface area contributed by atoms with Gasteiger partial charge in [0.1, 0.15) is 23.0 Å². The monoisotopic (exact) mass is 516 g/mol. The molecule has 1 aliphatic heterocycles. The maximum atomic E-state index is 13.6. The van der Waals surface area contributed by atoms with Crippen LogP contribution in [0.2, 0.25) is 0 Å². The molecule has 0 aromatic heterocycles. The van der Waals surface area contributed by atoms with Crippen LogP contribution in [0.25, 0.3) is 5.76 Å². The zero-order chi connectivity index (χ0) is 27.6. The van der Waals surface area contributed by atoms with Crippen molar-refractivity contribution in [3.05, 3.63) is 83.4 Å².